The van der Waals surface area contributed by atoms with Gasteiger partial charge in [-0.2, -0.15) is 0 Å². The molecule has 0 aromatic carbocycles. The van der Waals surface area contributed by atoms with E-state index >= 15 is 0 Å². The zero-order valence-corrected chi connectivity index (χ0v) is 13.0. The van der Waals surface area contributed by atoms with Crippen molar-refractivity contribution in [2.45, 2.75) is 46.6 Å². The molecule has 1 N–H and O–H groups in total. The Hall–Kier alpha value is -0.120. The third kappa shape index (κ3) is 5.25. The first-order chi connectivity index (χ1) is 8.45. The fourth-order valence-electron chi connectivity index (χ4n) is 2.85. The van der Waals surface area contributed by atoms with E-state index in [1.165, 1.54) is 19.4 Å². The number of nitrogens with zero attached hydrogens (tertiary/aromatic N) is 1. The summed E-state index contributed by atoms with van der Waals surface area (Å²) in [5.74, 6) is 0.828. The lowest BCUT2D eigenvalue weighted by Crippen LogP contribution is -2.46. The van der Waals surface area contributed by atoms with Gasteiger partial charge < -0.3 is 15.0 Å². The van der Waals surface area contributed by atoms with E-state index in [9.17, 15) is 0 Å². The highest BCUT2D eigenvalue weighted by molar-refractivity contribution is 4.83. The van der Waals surface area contributed by atoms with Gasteiger partial charge in [0.25, 0.3) is 0 Å². The van der Waals surface area contributed by atoms with Gasteiger partial charge in [-0.1, -0.05) is 20.8 Å². The van der Waals surface area contributed by atoms with Gasteiger partial charge in [0.2, 0.25) is 0 Å². The minimum absolute atomic E-state index is 0.315. The van der Waals surface area contributed by atoms with Gasteiger partial charge in [-0.05, 0) is 44.7 Å². The molecule has 1 unspecified atom stereocenters. The Morgan fingerprint density at radius 1 is 1.33 bits per heavy atom. The maximum Gasteiger partial charge on any atom is 0.0469 e. The normalized spacial score (nSPS) is 20.3. The predicted molar refractivity (Wildman–Crippen MR) is 78.0 cm³/mol. The van der Waals surface area contributed by atoms with Gasteiger partial charge in [0.1, 0.15) is 0 Å². The summed E-state index contributed by atoms with van der Waals surface area (Å²) in [6.45, 7) is 14.5. The fourth-order valence-corrected chi connectivity index (χ4v) is 2.85. The van der Waals surface area contributed by atoms with Gasteiger partial charge in [0, 0.05) is 32.3 Å². The number of nitrogens with one attached hydrogen (secondary N) is 1. The minimum Gasteiger partial charge on any atom is -0.381 e. The van der Waals surface area contributed by atoms with Crippen LogP contribution in [0, 0.1) is 11.3 Å². The van der Waals surface area contributed by atoms with Crippen LogP contribution in [0.2, 0.25) is 0 Å². The highest BCUT2D eigenvalue weighted by Gasteiger charge is 2.27. The molecule has 1 atom stereocenters. The summed E-state index contributed by atoms with van der Waals surface area (Å²) in [4.78, 5) is 2.50. The summed E-state index contributed by atoms with van der Waals surface area (Å²) in [7, 11) is 2.26. The van der Waals surface area contributed by atoms with Crippen molar-refractivity contribution in [2.24, 2.45) is 11.3 Å². The fraction of sp³-hybridized carbons (Fsp3) is 1.00. The van der Waals surface area contributed by atoms with E-state index in [-0.39, 0.29) is 0 Å². The van der Waals surface area contributed by atoms with Gasteiger partial charge >= 0.3 is 0 Å². The topological polar surface area (TPSA) is 24.5 Å². The first-order valence-electron chi connectivity index (χ1n) is 7.45. The van der Waals surface area contributed by atoms with Crippen molar-refractivity contribution in [3.05, 3.63) is 0 Å². The second kappa shape index (κ2) is 7.46. The summed E-state index contributed by atoms with van der Waals surface area (Å²) < 4.78 is 5.42. The van der Waals surface area contributed by atoms with Gasteiger partial charge in [-0.15, -0.1) is 0 Å². The van der Waals surface area contributed by atoms with Crippen molar-refractivity contribution in [3.63, 3.8) is 0 Å². The lowest BCUT2D eigenvalue weighted by atomic mass is 9.84. The quantitative estimate of drug-likeness (QED) is 0.757. The van der Waals surface area contributed by atoms with E-state index in [0.717, 1.165) is 32.2 Å². The van der Waals surface area contributed by atoms with Crippen LogP contribution in [-0.4, -0.2) is 50.8 Å². The van der Waals surface area contributed by atoms with E-state index in [2.05, 4.69) is 45.0 Å². The zero-order valence-electron chi connectivity index (χ0n) is 13.0. The van der Waals surface area contributed by atoms with Crippen molar-refractivity contribution >= 4 is 0 Å². The minimum atomic E-state index is 0.315. The Bertz CT molecular complexity index is 225. The Kier molecular flexibility index (Phi) is 6.61. The van der Waals surface area contributed by atoms with Crippen LogP contribution in [0.1, 0.15) is 40.5 Å². The van der Waals surface area contributed by atoms with E-state index in [1.54, 1.807) is 0 Å². The number of rotatable bonds is 7. The first-order valence-corrected chi connectivity index (χ1v) is 7.45. The monoisotopic (exact) mass is 256 g/mol. The average molecular weight is 256 g/mol. The molecule has 0 aromatic heterocycles. The molecule has 0 amide bonds. The SMILES string of the molecule is CCNC(C)C(C)(C)CN(C)CC1CCOCC1. The molecule has 0 saturated carbocycles. The van der Waals surface area contributed by atoms with Crippen molar-refractivity contribution in [1.82, 2.24) is 10.2 Å². The second-order valence-corrected chi connectivity index (χ2v) is 6.52. The van der Waals surface area contributed by atoms with Crippen LogP contribution in [0.4, 0.5) is 0 Å². The maximum absolute atomic E-state index is 5.42. The highest BCUT2D eigenvalue weighted by Crippen LogP contribution is 2.23. The second-order valence-electron chi connectivity index (χ2n) is 6.52. The number of hydrogen-bond acceptors (Lipinski definition) is 3. The van der Waals surface area contributed by atoms with Crippen LogP contribution < -0.4 is 5.32 Å². The molecule has 1 aliphatic rings. The molecule has 1 saturated heterocycles. The molecule has 18 heavy (non-hydrogen) atoms. The van der Waals surface area contributed by atoms with Gasteiger partial charge in [0.15, 0.2) is 0 Å². The molecular weight excluding hydrogens is 224 g/mol. The van der Waals surface area contributed by atoms with Crippen LogP contribution in [0.5, 0.6) is 0 Å². The van der Waals surface area contributed by atoms with Crippen LogP contribution in [0.25, 0.3) is 0 Å². The lowest BCUT2D eigenvalue weighted by molar-refractivity contribution is 0.0492. The Balaban J connectivity index is 2.34. The van der Waals surface area contributed by atoms with Gasteiger partial charge in [-0.25, -0.2) is 0 Å². The van der Waals surface area contributed by atoms with E-state index in [1.807, 2.05) is 0 Å². The van der Waals surface area contributed by atoms with Crippen molar-refractivity contribution in [1.29, 1.82) is 0 Å². The molecule has 1 heterocycles. The van der Waals surface area contributed by atoms with Crippen molar-refractivity contribution < 1.29 is 4.74 Å². The maximum atomic E-state index is 5.42. The molecule has 0 spiro atoms. The molecule has 108 valence electrons. The van der Waals surface area contributed by atoms with Crippen LogP contribution >= 0.6 is 0 Å². The largest absolute Gasteiger partial charge is 0.381 e. The first kappa shape index (κ1) is 15.9. The van der Waals surface area contributed by atoms with E-state index in [0.29, 0.717) is 11.5 Å². The molecule has 3 nitrogen and oxygen atoms in total. The predicted octanol–water partition coefficient (Wildman–Crippen LogP) is 2.37. The summed E-state index contributed by atoms with van der Waals surface area (Å²) in [5.41, 5.74) is 0.315. The molecule has 0 radical (unpaired) electrons. The van der Waals surface area contributed by atoms with Crippen LogP contribution in [-0.2, 0) is 4.74 Å². The van der Waals surface area contributed by atoms with E-state index < -0.39 is 0 Å². The van der Waals surface area contributed by atoms with Gasteiger partial charge in [0.05, 0.1) is 0 Å². The molecule has 1 aliphatic heterocycles. The van der Waals surface area contributed by atoms with Crippen molar-refractivity contribution in [2.75, 3.05) is 39.9 Å². The smallest absolute Gasteiger partial charge is 0.0469 e. The summed E-state index contributed by atoms with van der Waals surface area (Å²) in [6, 6.07) is 0.555. The summed E-state index contributed by atoms with van der Waals surface area (Å²) in [6.07, 6.45) is 2.46. The molecule has 1 fully saturated rings. The number of ether oxygens (including phenoxy) is 1. The summed E-state index contributed by atoms with van der Waals surface area (Å²) >= 11 is 0. The highest BCUT2D eigenvalue weighted by atomic mass is 16.5. The third-order valence-corrected chi connectivity index (χ3v) is 4.27. The van der Waals surface area contributed by atoms with Crippen LogP contribution in [0.3, 0.4) is 0 Å². The standard InChI is InChI=1S/C15H32N2O/c1-6-16-13(2)15(3,4)12-17(5)11-14-7-9-18-10-8-14/h13-14,16H,6-12H2,1-5H3. The Morgan fingerprint density at radius 2 is 1.94 bits per heavy atom. The van der Waals surface area contributed by atoms with Gasteiger partial charge in [-0.3, -0.25) is 0 Å². The Labute approximate surface area is 113 Å². The third-order valence-electron chi connectivity index (χ3n) is 4.27. The summed E-state index contributed by atoms with van der Waals surface area (Å²) in [5, 5.41) is 3.55. The lowest BCUT2D eigenvalue weighted by Gasteiger charge is -2.37. The molecule has 3 heteroatoms. The number of hydrogen-bond donors (Lipinski definition) is 1. The van der Waals surface area contributed by atoms with Crippen molar-refractivity contribution in [3.8, 4) is 0 Å². The zero-order chi connectivity index (χ0) is 13.6. The van der Waals surface area contributed by atoms with E-state index in [4.69, 9.17) is 4.74 Å². The molecule has 0 bridgehead atoms. The molecule has 1 rings (SSSR count). The molecule has 0 aromatic rings. The Morgan fingerprint density at radius 3 is 2.50 bits per heavy atom. The van der Waals surface area contributed by atoms with Crippen LogP contribution in [0.15, 0.2) is 0 Å². The average Bonchev–Trinajstić information content (AvgIpc) is 2.29. The molecule has 0 aliphatic carbocycles. The molecular formula is C15H32N2O.